The fraction of sp³-hybridized carbons (Fsp3) is 0.917. The SMILES string of the molecule is CCC(O)C1CCN(C(=O)C(C)C)CC1. The van der Waals surface area contributed by atoms with Crippen molar-refractivity contribution in [1.29, 1.82) is 0 Å². The molecule has 1 saturated heterocycles. The van der Waals surface area contributed by atoms with E-state index in [9.17, 15) is 9.90 Å². The van der Waals surface area contributed by atoms with Gasteiger partial charge in [-0.1, -0.05) is 20.8 Å². The van der Waals surface area contributed by atoms with Crippen LogP contribution in [0.1, 0.15) is 40.0 Å². The molecule has 1 N–H and O–H groups in total. The number of hydrogen-bond acceptors (Lipinski definition) is 2. The number of carbonyl (C=O) groups excluding carboxylic acids is 1. The molecular weight excluding hydrogens is 190 g/mol. The maximum Gasteiger partial charge on any atom is 0.225 e. The minimum absolute atomic E-state index is 0.0950. The molecule has 0 bridgehead atoms. The Kier molecular flexibility index (Phi) is 4.58. The summed E-state index contributed by atoms with van der Waals surface area (Å²) in [7, 11) is 0. The van der Waals surface area contributed by atoms with Crippen molar-refractivity contribution < 1.29 is 9.90 Å². The van der Waals surface area contributed by atoms with Crippen LogP contribution in [-0.4, -0.2) is 35.1 Å². The van der Waals surface area contributed by atoms with Crippen LogP contribution in [-0.2, 0) is 4.79 Å². The van der Waals surface area contributed by atoms with Gasteiger partial charge in [-0.15, -0.1) is 0 Å². The van der Waals surface area contributed by atoms with Crippen LogP contribution in [0, 0.1) is 11.8 Å². The number of hydrogen-bond donors (Lipinski definition) is 1. The molecule has 0 saturated carbocycles. The van der Waals surface area contributed by atoms with Crippen LogP contribution in [0.3, 0.4) is 0 Å². The molecule has 1 rings (SSSR count). The Bertz CT molecular complexity index is 208. The summed E-state index contributed by atoms with van der Waals surface area (Å²) in [6.45, 7) is 7.53. The smallest absolute Gasteiger partial charge is 0.225 e. The first-order chi connectivity index (χ1) is 7.06. The maximum atomic E-state index is 11.7. The molecule has 0 radical (unpaired) electrons. The standard InChI is InChI=1S/C12H23NO2/c1-4-11(14)10-5-7-13(8-6-10)12(15)9(2)3/h9-11,14H,4-8H2,1-3H3. The van der Waals surface area contributed by atoms with Crippen LogP contribution in [0.15, 0.2) is 0 Å². The minimum Gasteiger partial charge on any atom is -0.393 e. The number of carbonyl (C=O) groups is 1. The lowest BCUT2D eigenvalue weighted by molar-refractivity contribution is -0.136. The molecule has 0 aromatic carbocycles. The number of aliphatic hydroxyl groups excluding tert-OH is 1. The van der Waals surface area contributed by atoms with E-state index in [1.807, 2.05) is 25.7 Å². The molecule has 0 aromatic rings. The second-order valence-corrected chi connectivity index (χ2v) is 4.79. The van der Waals surface area contributed by atoms with E-state index in [1.54, 1.807) is 0 Å². The second kappa shape index (κ2) is 5.50. The second-order valence-electron chi connectivity index (χ2n) is 4.79. The molecule has 1 unspecified atom stereocenters. The van der Waals surface area contributed by atoms with Gasteiger partial charge in [-0.3, -0.25) is 4.79 Å². The molecule has 1 aliphatic rings. The van der Waals surface area contributed by atoms with Crippen LogP contribution in [0.25, 0.3) is 0 Å². The Balaban J connectivity index is 2.39. The van der Waals surface area contributed by atoms with Gasteiger partial charge in [0.2, 0.25) is 5.91 Å². The third kappa shape index (κ3) is 3.20. The molecule has 3 nitrogen and oxygen atoms in total. The van der Waals surface area contributed by atoms with Crippen molar-refractivity contribution in [3.8, 4) is 0 Å². The highest BCUT2D eigenvalue weighted by atomic mass is 16.3. The molecule has 1 aliphatic heterocycles. The van der Waals surface area contributed by atoms with Crippen LogP contribution >= 0.6 is 0 Å². The quantitative estimate of drug-likeness (QED) is 0.774. The van der Waals surface area contributed by atoms with E-state index >= 15 is 0 Å². The maximum absolute atomic E-state index is 11.7. The van der Waals surface area contributed by atoms with E-state index < -0.39 is 0 Å². The highest BCUT2D eigenvalue weighted by molar-refractivity contribution is 5.78. The molecule has 3 heteroatoms. The van der Waals surface area contributed by atoms with Crippen LogP contribution in [0.5, 0.6) is 0 Å². The van der Waals surface area contributed by atoms with Crippen molar-refractivity contribution in [3.05, 3.63) is 0 Å². The van der Waals surface area contributed by atoms with Gasteiger partial charge in [0, 0.05) is 19.0 Å². The lowest BCUT2D eigenvalue weighted by atomic mass is 9.89. The highest BCUT2D eigenvalue weighted by Gasteiger charge is 2.27. The summed E-state index contributed by atoms with van der Waals surface area (Å²) in [5, 5.41) is 9.71. The van der Waals surface area contributed by atoms with Gasteiger partial charge in [-0.25, -0.2) is 0 Å². The lowest BCUT2D eigenvalue weighted by Crippen LogP contribution is -2.42. The van der Waals surface area contributed by atoms with Crippen LogP contribution < -0.4 is 0 Å². The monoisotopic (exact) mass is 213 g/mol. The first-order valence-electron chi connectivity index (χ1n) is 6.03. The Morgan fingerprint density at radius 2 is 1.93 bits per heavy atom. The Hall–Kier alpha value is -0.570. The summed E-state index contributed by atoms with van der Waals surface area (Å²) < 4.78 is 0. The van der Waals surface area contributed by atoms with Crippen LogP contribution in [0.2, 0.25) is 0 Å². The van der Waals surface area contributed by atoms with Gasteiger partial charge < -0.3 is 10.0 Å². The average Bonchev–Trinajstić information content (AvgIpc) is 2.27. The average molecular weight is 213 g/mol. The number of rotatable bonds is 3. The van der Waals surface area contributed by atoms with Crippen molar-refractivity contribution in [1.82, 2.24) is 4.90 Å². The predicted octanol–water partition coefficient (Wildman–Crippen LogP) is 1.65. The third-order valence-electron chi connectivity index (χ3n) is 3.31. The van der Waals surface area contributed by atoms with Crippen molar-refractivity contribution in [2.75, 3.05) is 13.1 Å². The van der Waals surface area contributed by atoms with Crippen molar-refractivity contribution in [2.24, 2.45) is 11.8 Å². The first kappa shape index (κ1) is 12.5. The Morgan fingerprint density at radius 1 is 1.40 bits per heavy atom. The minimum atomic E-state index is -0.179. The van der Waals surface area contributed by atoms with Crippen molar-refractivity contribution >= 4 is 5.91 Å². The molecule has 1 amide bonds. The molecule has 15 heavy (non-hydrogen) atoms. The molecule has 1 heterocycles. The van der Waals surface area contributed by atoms with Gasteiger partial charge in [-0.05, 0) is 25.2 Å². The molecule has 1 fully saturated rings. The van der Waals surface area contributed by atoms with Gasteiger partial charge in [-0.2, -0.15) is 0 Å². The molecule has 0 aliphatic carbocycles. The molecule has 0 spiro atoms. The van der Waals surface area contributed by atoms with Gasteiger partial charge in [0.15, 0.2) is 0 Å². The molecular formula is C12H23NO2. The van der Waals surface area contributed by atoms with Crippen molar-refractivity contribution in [2.45, 2.75) is 46.1 Å². The molecule has 0 aromatic heterocycles. The van der Waals surface area contributed by atoms with E-state index in [-0.39, 0.29) is 17.9 Å². The number of nitrogens with zero attached hydrogens (tertiary/aromatic N) is 1. The summed E-state index contributed by atoms with van der Waals surface area (Å²) in [4.78, 5) is 13.6. The number of piperidine rings is 1. The van der Waals surface area contributed by atoms with Crippen LogP contribution in [0.4, 0.5) is 0 Å². The van der Waals surface area contributed by atoms with E-state index in [0.29, 0.717) is 5.92 Å². The first-order valence-corrected chi connectivity index (χ1v) is 6.03. The summed E-state index contributed by atoms with van der Waals surface area (Å²) in [5.41, 5.74) is 0. The number of amides is 1. The van der Waals surface area contributed by atoms with Gasteiger partial charge in [0.25, 0.3) is 0 Å². The lowest BCUT2D eigenvalue weighted by Gasteiger charge is -2.34. The third-order valence-corrected chi connectivity index (χ3v) is 3.31. The summed E-state index contributed by atoms with van der Waals surface area (Å²) in [5.74, 6) is 0.739. The van der Waals surface area contributed by atoms with E-state index in [1.165, 1.54) is 0 Å². The van der Waals surface area contributed by atoms with Gasteiger partial charge >= 0.3 is 0 Å². The largest absolute Gasteiger partial charge is 0.393 e. The number of aliphatic hydroxyl groups is 1. The fourth-order valence-corrected chi connectivity index (χ4v) is 2.20. The Morgan fingerprint density at radius 3 is 2.33 bits per heavy atom. The fourth-order valence-electron chi connectivity index (χ4n) is 2.20. The van der Waals surface area contributed by atoms with E-state index in [0.717, 1.165) is 32.4 Å². The number of likely N-dealkylation sites (tertiary alicyclic amines) is 1. The molecule has 1 atom stereocenters. The van der Waals surface area contributed by atoms with E-state index in [4.69, 9.17) is 0 Å². The van der Waals surface area contributed by atoms with Gasteiger partial charge in [0.05, 0.1) is 6.10 Å². The summed E-state index contributed by atoms with van der Waals surface area (Å²) in [6, 6.07) is 0. The predicted molar refractivity (Wildman–Crippen MR) is 60.4 cm³/mol. The topological polar surface area (TPSA) is 40.5 Å². The molecule has 88 valence electrons. The Labute approximate surface area is 92.5 Å². The zero-order valence-corrected chi connectivity index (χ0v) is 10.1. The van der Waals surface area contributed by atoms with E-state index in [2.05, 4.69) is 0 Å². The summed E-state index contributed by atoms with van der Waals surface area (Å²) in [6.07, 6.45) is 2.55. The zero-order valence-electron chi connectivity index (χ0n) is 10.1. The normalized spacial score (nSPS) is 20.7. The highest BCUT2D eigenvalue weighted by Crippen LogP contribution is 2.23. The zero-order chi connectivity index (χ0) is 11.4. The summed E-state index contributed by atoms with van der Waals surface area (Å²) >= 11 is 0. The van der Waals surface area contributed by atoms with Gasteiger partial charge in [0.1, 0.15) is 0 Å². The van der Waals surface area contributed by atoms with Crippen molar-refractivity contribution in [3.63, 3.8) is 0 Å².